The van der Waals surface area contributed by atoms with Crippen molar-refractivity contribution in [1.82, 2.24) is 10.2 Å². The van der Waals surface area contributed by atoms with Gasteiger partial charge in [-0.2, -0.15) is 0 Å². The van der Waals surface area contributed by atoms with Crippen LogP contribution in [0.4, 0.5) is 0 Å². The number of nitrogens with zero attached hydrogens (tertiary/aromatic N) is 1. The van der Waals surface area contributed by atoms with Gasteiger partial charge in [-0.3, -0.25) is 4.90 Å². The third-order valence-electron chi connectivity index (χ3n) is 5.59. The Bertz CT molecular complexity index is 268. The summed E-state index contributed by atoms with van der Waals surface area (Å²) in [6, 6.07) is 0.771. The number of piperazine rings is 1. The average molecular weight is 224 g/mol. The fourth-order valence-electron chi connectivity index (χ4n) is 3.62. The van der Waals surface area contributed by atoms with E-state index >= 15 is 0 Å². The number of hydrogen-bond acceptors (Lipinski definition) is 2. The van der Waals surface area contributed by atoms with Crippen LogP contribution in [0, 0.1) is 10.8 Å². The highest BCUT2D eigenvalue weighted by molar-refractivity contribution is 5.19. The molecule has 1 atom stereocenters. The van der Waals surface area contributed by atoms with Crippen molar-refractivity contribution < 1.29 is 0 Å². The van der Waals surface area contributed by atoms with Crippen molar-refractivity contribution in [3.8, 4) is 0 Å². The van der Waals surface area contributed by atoms with Crippen LogP contribution in [0.25, 0.3) is 0 Å². The summed E-state index contributed by atoms with van der Waals surface area (Å²) in [7, 11) is 0. The summed E-state index contributed by atoms with van der Waals surface area (Å²) in [4.78, 5) is 2.72. The molecule has 0 aromatic rings. The Kier molecular flexibility index (Phi) is 2.67. The van der Waals surface area contributed by atoms with Crippen molar-refractivity contribution >= 4 is 0 Å². The van der Waals surface area contributed by atoms with Gasteiger partial charge in [0.15, 0.2) is 0 Å². The van der Waals surface area contributed by atoms with Gasteiger partial charge in [0, 0.05) is 31.2 Å². The minimum atomic E-state index is 0.326. The predicted molar refractivity (Wildman–Crippen MR) is 69.6 cm³/mol. The molecule has 2 aliphatic rings. The summed E-state index contributed by atoms with van der Waals surface area (Å²) in [5.41, 5.74) is 1.30. The lowest BCUT2D eigenvalue weighted by atomic mass is 9.95. The molecule has 0 aromatic carbocycles. The lowest BCUT2D eigenvalue weighted by Crippen LogP contribution is -2.59. The molecule has 16 heavy (non-hydrogen) atoms. The van der Waals surface area contributed by atoms with Gasteiger partial charge < -0.3 is 5.32 Å². The van der Waals surface area contributed by atoms with Gasteiger partial charge in [-0.1, -0.05) is 34.6 Å². The van der Waals surface area contributed by atoms with E-state index in [2.05, 4.69) is 51.8 Å². The Hall–Kier alpha value is -0.0800. The third kappa shape index (κ3) is 1.62. The molecular formula is C14H28N2. The maximum absolute atomic E-state index is 3.67. The second-order valence-corrected chi connectivity index (χ2v) is 7.16. The molecule has 2 nitrogen and oxygen atoms in total. The zero-order valence-corrected chi connectivity index (χ0v) is 11.9. The van der Waals surface area contributed by atoms with Gasteiger partial charge in [0.25, 0.3) is 0 Å². The van der Waals surface area contributed by atoms with E-state index in [4.69, 9.17) is 0 Å². The van der Waals surface area contributed by atoms with E-state index in [0.717, 1.165) is 12.6 Å². The van der Waals surface area contributed by atoms with Crippen LogP contribution in [-0.4, -0.2) is 36.1 Å². The van der Waals surface area contributed by atoms with Crippen LogP contribution in [0.2, 0.25) is 0 Å². The zero-order chi connectivity index (χ0) is 12.2. The molecule has 0 radical (unpaired) electrons. The first-order valence-corrected chi connectivity index (χ1v) is 6.74. The summed E-state index contributed by atoms with van der Waals surface area (Å²) in [6.07, 6.45) is 1.22. The Labute approximate surface area is 101 Å². The molecule has 1 aliphatic heterocycles. The molecule has 0 aromatic heterocycles. The van der Waals surface area contributed by atoms with E-state index < -0.39 is 0 Å². The lowest BCUT2D eigenvalue weighted by Gasteiger charge is -2.42. The second-order valence-electron chi connectivity index (χ2n) is 7.16. The lowest BCUT2D eigenvalue weighted by molar-refractivity contribution is 0.115. The van der Waals surface area contributed by atoms with Crippen LogP contribution < -0.4 is 5.32 Å². The first-order valence-electron chi connectivity index (χ1n) is 6.74. The Morgan fingerprint density at radius 3 is 2.12 bits per heavy atom. The smallest absolute Gasteiger partial charge is 0.0278 e. The summed E-state index contributed by atoms with van der Waals surface area (Å²) >= 11 is 0. The Morgan fingerprint density at radius 1 is 1.12 bits per heavy atom. The normalized spacial score (nSPS) is 38.6. The fraction of sp³-hybridized carbons (Fsp3) is 1.00. The van der Waals surface area contributed by atoms with E-state index in [1.165, 1.54) is 19.5 Å². The van der Waals surface area contributed by atoms with Gasteiger partial charge in [-0.25, -0.2) is 0 Å². The molecule has 2 rings (SSSR count). The number of rotatable bonds is 2. The third-order valence-corrected chi connectivity index (χ3v) is 5.59. The molecule has 1 heterocycles. The largest absolute Gasteiger partial charge is 0.309 e. The zero-order valence-electron chi connectivity index (χ0n) is 11.9. The van der Waals surface area contributed by atoms with Crippen LogP contribution in [0.1, 0.15) is 48.0 Å². The molecule has 1 saturated carbocycles. The van der Waals surface area contributed by atoms with Gasteiger partial charge in [0.1, 0.15) is 0 Å². The van der Waals surface area contributed by atoms with Crippen molar-refractivity contribution in [3.05, 3.63) is 0 Å². The summed E-state index contributed by atoms with van der Waals surface area (Å²) < 4.78 is 0. The van der Waals surface area contributed by atoms with Crippen molar-refractivity contribution in [1.29, 1.82) is 0 Å². The number of hydrogen-bond donors (Lipinski definition) is 1. The molecule has 94 valence electrons. The van der Waals surface area contributed by atoms with Gasteiger partial charge in [-0.15, -0.1) is 0 Å². The first kappa shape index (κ1) is 12.4. The van der Waals surface area contributed by atoms with Crippen molar-refractivity contribution in [2.75, 3.05) is 19.6 Å². The highest BCUT2D eigenvalue weighted by atomic mass is 15.3. The molecule has 1 unspecified atom stereocenters. The summed E-state index contributed by atoms with van der Waals surface area (Å²) in [5, 5.41) is 3.67. The quantitative estimate of drug-likeness (QED) is 0.775. The summed E-state index contributed by atoms with van der Waals surface area (Å²) in [5.74, 6) is 0. The van der Waals surface area contributed by atoms with Gasteiger partial charge in [0.2, 0.25) is 0 Å². The number of nitrogens with one attached hydrogen (secondary N) is 1. The van der Waals surface area contributed by atoms with Gasteiger partial charge in [-0.05, 0) is 24.2 Å². The molecule has 0 amide bonds. The molecule has 2 heteroatoms. The second kappa shape index (κ2) is 3.46. The minimum absolute atomic E-state index is 0.326. The van der Waals surface area contributed by atoms with Crippen molar-refractivity contribution in [3.63, 3.8) is 0 Å². The highest BCUT2D eigenvalue weighted by Gasteiger charge is 2.67. The predicted octanol–water partition coefficient (Wildman–Crippen LogP) is 2.49. The molecule has 1 aliphatic carbocycles. The van der Waals surface area contributed by atoms with Crippen LogP contribution >= 0.6 is 0 Å². The van der Waals surface area contributed by atoms with E-state index in [0.29, 0.717) is 16.4 Å². The van der Waals surface area contributed by atoms with Crippen LogP contribution in [0.3, 0.4) is 0 Å². The molecule has 2 fully saturated rings. The van der Waals surface area contributed by atoms with Gasteiger partial charge in [0.05, 0.1) is 0 Å². The molecule has 1 N–H and O–H groups in total. The highest BCUT2D eigenvalue weighted by Crippen LogP contribution is 2.65. The van der Waals surface area contributed by atoms with Gasteiger partial charge >= 0.3 is 0 Å². The van der Waals surface area contributed by atoms with E-state index in [-0.39, 0.29) is 0 Å². The standard InChI is InChI=1S/C14H28N2/c1-7-14(6)10-16(9-8-15-14)11-12(2,3)13(11,4)5/h11,15H,7-10H2,1-6H3. The Morgan fingerprint density at radius 2 is 1.69 bits per heavy atom. The molecular weight excluding hydrogens is 196 g/mol. The van der Waals surface area contributed by atoms with E-state index in [9.17, 15) is 0 Å². The van der Waals surface area contributed by atoms with Crippen LogP contribution in [-0.2, 0) is 0 Å². The molecule has 0 bridgehead atoms. The van der Waals surface area contributed by atoms with Crippen molar-refractivity contribution in [2.24, 2.45) is 10.8 Å². The topological polar surface area (TPSA) is 15.3 Å². The SMILES string of the molecule is CCC1(C)CN(C2C(C)(C)C2(C)C)CCN1. The average Bonchev–Trinajstić information content (AvgIpc) is 2.57. The maximum atomic E-state index is 3.67. The molecule has 1 saturated heterocycles. The monoisotopic (exact) mass is 224 g/mol. The van der Waals surface area contributed by atoms with Crippen LogP contribution in [0.15, 0.2) is 0 Å². The van der Waals surface area contributed by atoms with E-state index in [1.807, 2.05) is 0 Å². The van der Waals surface area contributed by atoms with E-state index in [1.54, 1.807) is 0 Å². The molecule has 0 spiro atoms. The fourth-order valence-corrected chi connectivity index (χ4v) is 3.62. The van der Waals surface area contributed by atoms with Crippen molar-refractivity contribution in [2.45, 2.75) is 59.5 Å². The minimum Gasteiger partial charge on any atom is -0.309 e. The maximum Gasteiger partial charge on any atom is 0.0278 e. The Balaban J connectivity index is 2.08. The van der Waals surface area contributed by atoms with Crippen LogP contribution in [0.5, 0.6) is 0 Å². The first-order chi connectivity index (χ1) is 7.24. The summed E-state index contributed by atoms with van der Waals surface area (Å²) in [6.45, 7) is 17.9.